The van der Waals surface area contributed by atoms with Gasteiger partial charge in [0.15, 0.2) is 5.65 Å². The fraction of sp³-hybridized carbons (Fsp3) is 0.545. The maximum Gasteiger partial charge on any atom is 0.433 e. The minimum atomic E-state index is -4.56. The maximum atomic E-state index is 13.6. The van der Waals surface area contributed by atoms with Crippen LogP contribution in [0.4, 0.5) is 13.2 Å². The number of aromatic amines is 1. The molecule has 0 saturated carbocycles. The number of nitrogens with one attached hydrogen (secondary N) is 1. The maximum absolute atomic E-state index is 13.6. The second-order valence-electron chi connectivity index (χ2n) is 9.25. The molecule has 1 aliphatic rings. The summed E-state index contributed by atoms with van der Waals surface area (Å²) in [4.78, 5) is 19.3. The van der Waals surface area contributed by atoms with E-state index in [1.807, 2.05) is 20.8 Å². The first-order valence-corrected chi connectivity index (χ1v) is 10.8. The summed E-state index contributed by atoms with van der Waals surface area (Å²) in [7, 11) is 0. The van der Waals surface area contributed by atoms with Crippen molar-refractivity contribution in [2.75, 3.05) is 6.54 Å². The molecule has 4 heterocycles. The average Bonchev–Trinajstić information content (AvgIpc) is 3.38. The van der Waals surface area contributed by atoms with Gasteiger partial charge < -0.3 is 4.90 Å². The zero-order valence-electron chi connectivity index (χ0n) is 18.6. The van der Waals surface area contributed by atoms with Crippen molar-refractivity contribution in [1.82, 2.24) is 29.7 Å². The molecule has 4 rings (SSSR count). The van der Waals surface area contributed by atoms with E-state index in [4.69, 9.17) is 0 Å². The second-order valence-corrected chi connectivity index (χ2v) is 9.25. The number of alkyl halides is 3. The third-order valence-electron chi connectivity index (χ3n) is 5.86. The lowest BCUT2D eigenvalue weighted by Crippen LogP contribution is -2.39. The molecule has 0 aromatic carbocycles. The van der Waals surface area contributed by atoms with Crippen molar-refractivity contribution < 1.29 is 18.0 Å². The largest absolute Gasteiger partial charge is 0.433 e. The molecule has 1 amide bonds. The Morgan fingerprint density at radius 3 is 2.56 bits per heavy atom. The Hall–Kier alpha value is -2.91. The Labute approximate surface area is 184 Å². The molecule has 1 atom stereocenters. The Kier molecular flexibility index (Phi) is 5.50. The van der Waals surface area contributed by atoms with Crippen LogP contribution in [-0.2, 0) is 18.0 Å². The third-order valence-corrected chi connectivity index (χ3v) is 5.86. The zero-order chi connectivity index (χ0) is 23.3. The molecule has 0 radical (unpaired) electrons. The summed E-state index contributed by atoms with van der Waals surface area (Å²) < 4.78 is 41.8. The normalized spacial score (nSPS) is 17.8. The van der Waals surface area contributed by atoms with Crippen LogP contribution >= 0.6 is 0 Å². The lowest BCUT2D eigenvalue weighted by atomic mass is 9.92. The van der Waals surface area contributed by atoms with Gasteiger partial charge >= 0.3 is 6.18 Å². The number of nitrogens with zero attached hydrogens (tertiary/aromatic N) is 5. The summed E-state index contributed by atoms with van der Waals surface area (Å²) in [6, 6.07) is 3.91. The molecule has 0 bridgehead atoms. The predicted octanol–water partition coefficient (Wildman–Crippen LogP) is 4.70. The minimum Gasteiger partial charge on any atom is -0.329 e. The van der Waals surface area contributed by atoms with E-state index >= 15 is 0 Å². The Balaban J connectivity index is 1.72. The molecule has 1 N–H and O–H groups in total. The molecule has 172 valence electrons. The van der Waals surface area contributed by atoms with Gasteiger partial charge in [0.2, 0.25) is 0 Å². The Morgan fingerprint density at radius 1 is 1.19 bits per heavy atom. The third kappa shape index (κ3) is 4.10. The number of fused-ring (bicyclic) bond motifs is 1. The van der Waals surface area contributed by atoms with Crippen LogP contribution in [0.1, 0.15) is 86.3 Å². The molecule has 32 heavy (non-hydrogen) atoms. The summed E-state index contributed by atoms with van der Waals surface area (Å²) in [5.41, 5.74) is 0.988. The van der Waals surface area contributed by atoms with Gasteiger partial charge in [-0.1, -0.05) is 27.7 Å². The van der Waals surface area contributed by atoms with Crippen LogP contribution in [0.2, 0.25) is 0 Å². The van der Waals surface area contributed by atoms with Gasteiger partial charge in [0, 0.05) is 29.4 Å². The van der Waals surface area contributed by atoms with E-state index in [1.54, 1.807) is 24.0 Å². The van der Waals surface area contributed by atoms with Gasteiger partial charge in [0.05, 0.1) is 11.7 Å². The molecule has 10 heteroatoms. The van der Waals surface area contributed by atoms with E-state index in [2.05, 4.69) is 20.3 Å². The molecular weight excluding hydrogens is 421 g/mol. The van der Waals surface area contributed by atoms with Crippen LogP contribution < -0.4 is 0 Å². The number of aromatic nitrogens is 5. The highest BCUT2D eigenvalue weighted by atomic mass is 19.4. The Morgan fingerprint density at radius 2 is 1.94 bits per heavy atom. The second kappa shape index (κ2) is 7.90. The first-order valence-electron chi connectivity index (χ1n) is 10.8. The summed E-state index contributed by atoms with van der Waals surface area (Å²) >= 11 is 0. The SMILES string of the molecule is CCc1cc(C(F)(F)F)n2nc(C3CCCCN3C(=O)c3cc(C(C)(C)C)[nH]n3)cc2n1. The van der Waals surface area contributed by atoms with Crippen molar-refractivity contribution in [2.24, 2.45) is 0 Å². The number of H-pyrrole nitrogens is 1. The molecule has 0 spiro atoms. The lowest BCUT2D eigenvalue weighted by molar-refractivity contribution is -0.142. The molecule has 0 aliphatic carbocycles. The zero-order valence-corrected chi connectivity index (χ0v) is 18.6. The summed E-state index contributed by atoms with van der Waals surface area (Å²) in [6.45, 7) is 8.31. The number of carbonyl (C=O) groups is 1. The van der Waals surface area contributed by atoms with Crippen LogP contribution in [0.5, 0.6) is 0 Å². The number of hydrogen-bond acceptors (Lipinski definition) is 4. The number of carbonyl (C=O) groups excluding carboxylic acids is 1. The monoisotopic (exact) mass is 448 g/mol. The van der Waals surface area contributed by atoms with Gasteiger partial charge in [-0.3, -0.25) is 9.89 Å². The van der Waals surface area contributed by atoms with E-state index in [0.717, 1.165) is 29.1 Å². The van der Waals surface area contributed by atoms with E-state index in [1.165, 1.54) is 0 Å². The van der Waals surface area contributed by atoms with Crippen molar-refractivity contribution in [2.45, 2.75) is 71.0 Å². The molecule has 1 saturated heterocycles. The van der Waals surface area contributed by atoms with Crippen molar-refractivity contribution in [1.29, 1.82) is 0 Å². The summed E-state index contributed by atoms with van der Waals surface area (Å²) in [5.74, 6) is -0.253. The average molecular weight is 448 g/mol. The molecule has 7 nitrogen and oxygen atoms in total. The fourth-order valence-corrected chi connectivity index (χ4v) is 4.03. The minimum absolute atomic E-state index is 0.138. The quantitative estimate of drug-likeness (QED) is 0.630. The van der Waals surface area contributed by atoms with E-state index < -0.39 is 17.9 Å². The highest BCUT2D eigenvalue weighted by Gasteiger charge is 2.37. The van der Waals surface area contributed by atoms with E-state index in [0.29, 0.717) is 36.5 Å². The van der Waals surface area contributed by atoms with Gasteiger partial charge in [-0.2, -0.15) is 23.4 Å². The van der Waals surface area contributed by atoms with Crippen molar-refractivity contribution in [3.63, 3.8) is 0 Å². The number of halogens is 3. The van der Waals surface area contributed by atoms with Crippen molar-refractivity contribution in [3.05, 3.63) is 46.7 Å². The van der Waals surface area contributed by atoms with Gasteiger partial charge in [-0.05, 0) is 37.8 Å². The van der Waals surface area contributed by atoms with Gasteiger partial charge in [-0.15, -0.1) is 0 Å². The topological polar surface area (TPSA) is 79.2 Å². The van der Waals surface area contributed by atoms with Crippen molar-refractivity contribution >= 4 is 11.6 Å². The lowest BCUT2D eigenvalue weighted by Gasteiger charge is -2.34. The van der Waals surface area contributed by atoms with Crippen LogP contribution in [0.3, 0.4) is 0 Å². The molecule has 3 aromatic rings. The summed E-state index contributed by atoms with van der Waals surface area (Å²) in [6.07, 6.45) is -1.89. The molecule has 1 unspecified atom stereocenters. The highest BCUT2D eigenvalue weighted by Crippen LogP contribution is 2.34. The van der Waals surface area contributed by atoms with Gasteiger partial charge in [0.25, 0.3) is 5.91 Å². The first-order chi connectivity index (χ1) is 15.0. The number of aryl methyl sites for hydroxylation is 1. The number of hydrogen-bond donors (Lipinski definition) is 1. The van der Waals surface area contributed by atoms with Gasteiger partial charge in [0.1, 0.15) is 11.4 Å². The molecule has 1 fully saturated rings. The first kappa shape index (κ1) is 22.3. The molecule has 1 aliphatic heterocycles. The van der Waals surface area contributed by atoms with E-state index in [9.17, 15) is 18.0 Å². The fourth-order valence-electron chi connectivity index (χ4n) is 4.03. The van der Waals surface area contributed by atoms with Gasteiger partial charge in [-0.25, -0.2) is 9.50 Å². The summed E-state index contributed by atoms with van der Waals surface area (Å²) in [5, 5.41) is 11.4. The number of piperidine rings is 1. The number of amides is 1. The van der Waals surface area contributed by atoms with Crippen LogP contribution in [0, 0.1) is 0 Å². The standard InChI is InChI=1S/C22H27F3N6O/c1-5-13-10-18(22(23,24)25)31-19(26-13)12-14(29-31)16-8-6-7-9-30(16)20(32)15-11-17(28-27-15)21(2,3)4/h10-12,16H,5-9H2,1-4H3,(H,27,28). The van der Waals surface area contributed by atoms with Crippen molar-refractivity contribution in [3.8, 4) is 0 Å². The number of rotatable bonds is 3. The smallest absolute Gasteiger partial charge is 0.329 e. The molecular formula is C22H27F3N6O. The Bertz CT molecular complexity index is 1140. The molecule has 3 aromatic heterocycles. The number of likely N-dealkylation sites (tertiary alicyclic amines) is 1. The predicted molar refractivity (Wildman–Crippen MR) is 112 cm³/mol. The highest BCUT2D eigenvalue weighted by molar-refractivity contribution is 5.92. The van der Waals surface area contributed by atoms with Crippen LogP contribution in [0.25, 0.3) is 5.65 Å². The van der Waals surface area contributed by atoms with Crippen LogP contribution in [-0.4, -0.2) is 42.1 Å². The van der Waals surface area contributed by atoms with Crippen LogP contribution in [0.15, 0.2) is 18.2 Å². The van der Waals surface area contributed by atoms with E-state index in [-0.39, 0.29) is 17.0 Å².